The zero-order valence-electron chi connectivity index (χ0n) is 12.1. The molecule has 0 aliphatic heterocycles. The zero-order valence-corrected chi connectivity index (χ0v) is 12.8. The van der Waals surface area contributed by atoms with E-state index in [1.165, 1.54) is 23.1 Å². The minimum absolute atomic E-state index is 0.0260. The number of halogens is 2. The first kappa shape index (κ1) is 16.0. The summed E-state index contributed by atoms with van der Waals surface area (Å²) in [4.78, 5) is 13.9. The molecule has 2 rings (SSSR count). The molecule has 114 valence electrons. The molecule has 0 aliphatic carbocycles. The van der Waals surface area contributed by atoms with Crippen LogP contribution in [0.25, 0.3) is 11.3 Å². The Kier molecular flexibility index (Phi) is 4.78. The van der Waals surface area contributed by atoms with E-state index in [2.05, 4.69) is 5.16 Å². The molecule has 1 aromatic heterocycles. The molecule has 0 atom stereocenters. The van der Waals surface area contributed by atoms with Crippen LogP contribution in [-0.2, 0) is 0 Å². The van der Waals surface area contributed by atoms with E-state index >= 15 is 0 Å². The maximum absolute atomic E-state index is 14.1. The van der Waals surface area contributed by atoms with Crippen molar-refractivity contribution in [3.8, 4) is 17.3 Å². The number of nitriles is 1. The Balaban J connectivity index is 2.49. The summed E-state index contributed by atoms with van der Waals surface area (Å²) >= 11 is 6.02. The number of carbonyl (C=O) groups excluding carboxylic acids is 1. The van der Waals surface area contributed by atoms with Crippen molar-refractivity contribution in [1.29, 1.82) is 5.26 Å². The second-order valence-corrected chi connectivity index (χ2v) is 5.10. The molecule has 1 aromatic carbocycles. The number of rotatable bonds is 4. The van der Waals surface area contributed by atoms with Crippen molar-refractivity contribution >= 4 is 17.5 Å². The number of amides is 1. The highest BCUT2D eigenvalue weighted by atomic mass is 35.5. The molecule has 0 fully saturated rings. The first-order valence-corrected chi connectivity index (χ1v) is 6.88. The number of hydrogen-bond acceptors (Lipinski definition) is 4. The molecule has 0 radical (unpaired) electrons. The molecule has 0 saturated carbocycles. The van der Waals surface area contributed by atoms with Gasteiger partial charge in [0.1, 0.15) is 22.8 Å². The fraction of sp³-hybridized carbons (Fsp3) is 0.267. The fourth-order valence-electron chi connectivity index (χ4n) is 2.03. The Morgan fingerprint density at radius 3 is 2.91 bits per heavy atom. The van der Waals surface area contributed by atoms with Gasteiger partial charge in [-0.15, -0.1) is 0 Å². The average molecular weight is 322 g/mol. The van der Waals surface area contributed by atoms with E-state index in [0.717, 1.165) is 0 Å². The van der Waals surface area contributed by atoms with Crippen LogP contribution in [0.15, 0.2) is 22.7 Å². The number of aromatic nitrogens is 1. The fourth-order valence-corrected chi connectivity index (χ4v) is 2.28. The predicted octanol–water partition coefficient (Wildman–Crippen LogP) is 3.43. The monoisotopic (exact) mass is 321 g/mol. The number of carbonyl (C=O) groups is 1. The van der Waals surface area contributed by atoms with Gasteiger partial charge in [0.25, 0.3) is 5.91 Å². The molecule has 0 bridgehead atoms. The van der Waals surface area contributed by atoms with E-state index in [4.69, 9.17) is 21.4 Å². The predicted molar refractivity (Wildman–Crippen MR) is 78.8 cm³/mol. The second kappa shape index (κ2) is 6.58. The SMILES string of the molecule is Cc1onc(-c2c(F)cccc2Cl)c1C(=O)N(C)CCC#N. The lowest BCUT2D eigenvalue weighted by molar-refractivity contribution is 0.0797. The van der Waals surface area contributed by atoms with Crippen LogP contribution < -0.4 is 0 Å². The molecule has 0 spiro atoms. The Morgan fingerprint density at radius 2 is 2.27 bits per heavy atom. The molecule has 2 aromatic rings. The summed E-state index contributed by atoms with van der Waals surface area (Å²) in [5.74, 6) is -0.721. The van der Waals surface area contributed by atoms with Gasteiger partial charge < -0.3 is 9.42 Å². The molecule has 22 heavy (non-hydrogen) atoms. The Morgan fingerprint density at radius 1 is 1.55 bits per heavy atom. The molecular weight excluding hydrogens is 309 g/mol. The van der Waals surface area contributed by atoms with Crippen LogP contribution in [0, 0.1) is 24.1 Å². The third-order valence-corrected chi connectivity index (χ3v) is 3.50. The lowest BCUT2D eigenvalue weighted by Crippen LogP contribution is -2.28. The topological polar surface area (TPSA) is 70.1 Å². The lowest BCUT2D eigenvalue weighted by atomic mass is 10.0. The van der Waals surface area contributed by atoms with Gasteiger partial charge in [-0.3, -0.25) is 4.79 Å². The van der Waals surface area contributed by atoms with Crippen LogP contribution >= 0.6 is 11.6 Å². The van der Waals surface area contributed by atoms with E-state index in [1.54, 1.807) is 14.0 Å². The third kappa shape index (κ3) is 2.95. The summed E-state index contributed by atoms with van der Waals surface area (Å²) in [7, 11) is 1.55. The highest BCUT2D eigenvalue weighted by Gasteiger charge is 2.27. The van der Waals surface area contributed by atoms with Gasteiger partial charge in [-0.25, -0.2) is 4.39 Å². The van der Waals surface area contributed by atoms with Crippen LogP contribution in [0.2, 0.25) is 5.02 Å². The van der Waals surface area contributed by atoms with E-state index in [0.29, 0.717) is 0 Å². The summed E-state index contributed by atoms with van der Waals surface area (Å²) < 4.78 is 19.1. The maximum Gasteiger partial charge on any atom is 0.259 e. The largest absolute Gasteiger partial charge is 0.360 e. The van der Waals surface area contributed by atoms with Gasteiger partial charge in [-0.2, -0.15) is 5.26 Å². The molecular formula is C15H13ClFN3O2. The molecule has 0 aliphatic rings. The second-order valence-electron chi connectivity index (χ2n) is 4.69. The van der Waals surface area contributed by atoms with Crippen molar-refractivity contribution in [2.45, 2.75) is 13.3 Å². The molecule has 0 saturated heterocycles. The van der Waals surface area contributed by atoms with Gasteiger partial charge in [0.05, 0.1) is 23.1 Å². The van der Waals surface area contributed by atoms with Crippen molar-refractivity contribution in [2.75, 3.05) is 13.6 Å². The summed E-state index contributed by atoms with van der Waals surface area (Å²) in [5, 5.41) is 12.5. The first-order valence-electron chi connectivity index (χ1n) is 6.50. The van der Waals surface area contributed by atoms with Crippen LogP contribution in [0.1, 0.15) is 22.5 Å². The highest BCUT2D eigenvalue weighted by Crippen LogP contribution is 2.33. The minimum atomic E-state index is -0.588. The van der Waals surface area contributed by atoms with Gasteiger partial charge in [0.2, 0.25) is 0 Å². The van der Waals surface area contributed by atoms with E-state index in [9.17, 15) is 9.18 Å². The van der Waals surface area contributed by atoms with Crippen molar-refractivity contribution in [3.63, 3.8) is 0 Å². The molecule has 0 unspecified atom stereocenters. The number of hydrogen-bond donors (Lipinski definition) is 0. The molecule has 1 amide bonds. The summed E-state index contributed by atoms with van der Waals surface area (Å²) in [6.45, 7) is 1.82. The highest BCUT2D eigenvalue weighted by molar-refractivity contribution is 6.33. The van der Waals surface area contributed by atoms with Gasteiger partial charge in [-0.05, 0) is 19.1 Å². The Hall–Kier alpha value is -2.39. The van der Waals surface area contributed by atoms with Gasteiger partial charge in [0, 0.05) is 13.6 Å². The first-order chi connectivity index (χ1) is 10.5. The van der Waals surface area contributed by atoms with Crippen LogP contribution in [0.3, 0.4) is 0 Å². The molecule has 5 nitrogen and oxygen atoms in total. The van der Waals surface area contributed by atoms with Crippen LogP contribution in [0.5, 0.6) is 0 Å². The maximum atomic E-state index is 14.1. The molecule has 1 heterocycles. The smallest absolute Gasteiger partial charge is 0.259 e. The number of benzene rings is 1. The normalized spacial score (nSPS) is 10.3. The number of nitrogens with zero attached hydrogens (tertiary/aromatic N) is 3. The van der Waals surface area contributed by atoms with Crippen LogP contribution in [-0.4, -0.2) is 29.6 Å². The van der Waals surface area contributed by atoms with Gasteiger partial charge >= 0.3 is 0 Å². The van der Waals surface area contributed by atoms with Crippen molar-refractivity contribution in [1.82, 2.24) is 10.1 Å². The lowest BCUT2D eigenvalue weighted by Gasteiger charge is -2.15. The molecule has 0 N–H and O–H groups in total. The van der Waals surface area contributed by atoms with E-state index in [-0.39, 0.29) is 40.6 Å². The Bertz CT molecular complexity index is 731. The van der Waals surface area contributed by atoms with Crippen LogP contribution in [0.4, 0.5) is 4.39 Å². The van der Waals surface area contributed by atoms with E-state index in [1.807, 2.05) is 6.07 Å². The summed E-state index contributed by atoms with van der Waals surface area (Å²) in [6, 6.07) is 6.18. The average Bonchev–Trinajstić information content (AvgIpc) is 2.85. The molecule has 7 heteroatoms. The minimum Gasteiger partial charge on any atom is -0.360 e. The van der Waals surface area contributed by atoms with Gasteiger partial charge in [0.15, 0.2) is 0 Å². The van der Waals surface area contributed by atoms with Crippen molar-refractivity contribution in [2.24, 2.45) is 0 Å². The van der Waals surface area contributed by atoms with Crippen molar-refractivity contribution in [3.05, 3.63) is 40.4 Å². The van der Waals surface area contributed by atoms with Crippen molar-refractivity contribution < 1.29 is 13.7 Å². The van der Waals surface area contributed by atoms with Gasteiger partial charge in [-0.1, -0.05) is 22.8 Å². The summed E-state index contributed by atoms with van der Waals surface area (Å²) in [6.07, 6.45) is 0.197. The quantitative estimate of drug-likeness (QED) is 0.865. The third-order valence-electron chi connectivity index (χ3n) is 3.18. The number of aryl methyl sites for hydroxylation is 1. The summed E-state index contributed by atoms with van der Waals surface area (Å²) in [5.41, 5.74) is 0.236. The zero-order chi connectivity index (χ0) is 16.3. The standard InChI is InChI=1S/C15H13ClFN3O2/c1-9-12(15(21)20(2)8-4-7-18)14(19-22-9)13-10(16)5-3-6-11(13)17/h3,5-6H,4,8H2,1-2H3. The van der Waals surface area contributed by atoms with E-state index < -0.39 is 11.7 Å². The Labute approximate surface area is 131 Å².